The number of alkyl halides is 15. The second kappa shape index (κ2) is 45.8. The van der Waals surface area contributed by atoms with E-state index in [1.165, 1.54) is 89.2 Å². The fourth-order valence-corrected chi connectivity index (χ4v) is 12.4. The third kappa shape index (κ3) is 28.5. The van der Waals surface area contributed by atoms with E-state index in [1.807, 2.05) is 0 Å². The lowest BCUT2D eigenvalue weighted by atomic mass is 10.2. The Labute approximate surface area is 770 Å². The highest BCUT2D eigenvalue weighted by Crippen LogP contribution is 2.35. The Hall–Kier alpha value is -16.6. The Balaban J connectivity index is 0.000000167. The number of hydrogen-bond acceptors (Lipinski definition) is 31. The predicted octanol–water partition coefficient (Wildman–Crippen LogP) is 11.0. The van der Waals surface area contributed by atoms with E-state index in [1.54, 1.807) is 55.3 Å². The van der Waals surface area contributed by atoms with Crippen LogP contribution in [0, 0.1) is 29.1 Å². The van der Waals surface area contributed by atoms with Gasteiger partial charge in [0.1, 0.15) is 110 Å². The lowest BCUT2D eigenvalue weighted by Gasteiger charge is -2.20. The van der Waals surface area contributed by atoms with Crippen LogP contribution in [0.5, 0.6) is 0 Å². The minimum absolute atomic E-state index is 0.0302. The van der Waals surface area contributed by atoms with E-state index in [9.17, 15) is 112 Å². The largest absolute Gasteiger partial charge is 0.405 e. The molecule has 15 aromatic heterocycles. The quantitative estimate of drug-likeness (QED) is 0.0186. The van der Waals surface area contributed by atoms with E-state index < -0.39 is 164 Å². The summed E-state index contributed by atoms with van der Waals surface area (Å²) < 4.78 is 263. The smallest absolute Gasteiger partial charge is 0.382 e. The van der Waals surface area contributed by atoms with Gasteiger partial charge in [-0.05, 0) is 19.8 Å². The third-order valence-electron chi connectivity index (χ3n) is 18.8. The summed E-state index contributed by atoms with van der Waals surface area (Å²) in [6, 6.07) is -7.02. The molecule has 0 aliphatic rings. The molecule has 15 N–H and O–H groups in total. The molecule has 61 heteroatoms. The summed E-state index contributed by atoms with van der Waals surface area (Å²) in [5.74, 6) is -10.9. The van der Waals surface area contributed by atoms with Gasteiger partial charge in [-0.3, -0.25) is 24.0 Å². The summed E-state index contributed by atoms with van der Waals surface area (Å²) in [7, 11) is 2.43. The zero-order valence-electron chi connectivity index (χ0n) is 72.3. The second-order valence-electron chi connectivity index (χ2n) is 28.8. The number of halogens is 20. The molecule has 41 nitrogen and oxygen atoms in total. The number of anilines is 5. The number of carbonyl (C=O) groups excluding carboxylic acids is 5. The van der Waals surface area contributed by atoms with Crippen LogP contribution in [0.1, 0.15) is 46.5 Å². The molecule has 140 heavy (non-hydrogen) atoms. The van der Waals surface area contributed by atoms with Crippen LogP contribution >= 0.6 is 0 Å². The lowest BCUT2D eigenvalue weighted by molar-refractivity contribution is -0.146. The highest BCUT2D eigenvalue weighted by Gasteiger charge is 2.39. The molecule has 0 saturated carbocycles. The molecule has 0 spiro atoms. The van der Waals surface area contributed by atoms with Crippen molar-refractivity contribution in [3.05, 3.63) is 154 Å². The van der Waals surface area contributed by atoms with Gasteiger partial charge in [0, 0.05) is 137 Å². The molecule has 0 aliphatic heterocycles. The molecule has 0 aromatic carbocycles. The minimum atomic E-state index is -4.64. The summed E-state index contributed by atoms with van der Waals surface area (Å²) in [5.41, 5.74) is 4.92. The Morgan fingerprint density at radius 1 is 0.314 bits per heavy atom. The minimum Gasteiger partial charge on any atom is -0.382 e. The number of methoxy groups -OCH3 is 1. The number of ether oxygens (including phenoxy) is 1. The lowest BCUT2D eigenvalue weighted by Crippen LogP contribution is -2.45. The maximum Gasteiger partial charge on any atom is 0.405 e. The molecule has 0 aliphatic carbocycles. The van der Waals surface area contributed by atoms with Crippen LogP contribution in [-0.2, 0) is 28.7 Å². The average Bonchev–Trinajstić information content (AvgIpc) is 1.64. The maximum atomic E-state index is 14.2. The number of fused-ring (bicyclic) bond motifs is 5. The van der Waals surface area contributed by atoms with E-state index in [0.29, 0.717) is 83.0 Å². The number of carbonyl (C=O) groups is 5. The van der Waals surface area contributed by atoms with E-state index in [0.717, 1.165) is 31.0 Å². The number of nitrogens with zero attached hydrogens (tertiary/aromatic N) is 20. The molecular formula is C79H73F20N35O6. The van der Waals surface area contributed by atoms with Gasteiger partial charge in [-0.2, -0.15) is 65.9 Å². The van der Waals surface area contributed by atoms with Crippen LogP contribution in [0.15, 0.2) is 125 Å². The Bertz CT molecular complexity index is 6640. The molecule has 740 valence electrons. The van der Waals surface area contributed by atoms with Crippen LogP contribution in [0.4, 0.5) is 117 Å². The van der Waals surface area contributed by atoms with Gasteiger partial charge in [0.15, 0.2) is 87.3 Å². The normalized spacial score (nSPS) is 12.8. The highest BCUT2D eigenvalue weighted by molar-refractivity contribution is 5.96. The first-order valence-electron chi connectivity index (χ1n) is 40.4. The number of aromatic amines is 5. The van der Waals surface area contributed by atoms with E-state index in [-0.39, 0.29) is 72.6 Å². The van der Waals surface area contributed by atoms with Gasteiger partial charge in [-0.15, -0.1) is 0 Å². The Kier molecular flexibility index (Phi) is 34.0. The molecule has 0 fully saturated rings. The van der Waals surface area contributed by atoms with Crippen molar-refractivity contribution in [3.8, 4) is 56.9 Å². The predicted molar refractivity (Wildman–Crippen MR) is 455 cm³/mol. The van der Waals surface area contributed by atoms with Crippen molar-refractivity contribution in [2.24, 2.45) is 0 Å². The summed E-state index contributed by atoms with van der Waals surface area (Å²) in [6.07, 6.45) is 0.649. The first-order valence-corrected chi connectivity index (χ1v) is 40.4. The van der Waals surface area contributed by atoms with Crippen LogP contribution in [0.3, 0.4) is 0 Å². The molecule has 15 aromatic rings. The Morgan fingerprint density at radius 2 is 0.543 bits per heavy atom. The first kappa shape index (κ1) is 104. The van der Waals surface area contributed by atoms with Crippen molar-refractivity contribution in [1.29, 1.82) is 0 Å². The molecule has 0 bridgehead atoms. The summed E-state index contributed by atoms with van der Waals surface area (Å²) >= 11 is 0. The van der Waals surface area contributed by atoms with Crippen LogP contribution in [0.25, 0.3) is 112 Å². The van der Waals surface area contributed by atoms with Crippen molar-refractivity contribution in [2.75, 3.05) is 73.5 Å². The number of amides is 5. The van der Waals surface area contributed by atoms with E-state index >= 15 is 0 Å². The molecule has 15 heterocycles. The summed E-state index contributed by atoms with van der Waals surface area (Å²) in [5, 5.41) is 24.5. The topological polar surface area (TPSA) is 552 Å². The monoisotopic (exact) mass is 1990 g/mol. The molecular weight excluding hydrogens is 1920 g/mol. The first-order chi connectivity index (χ1) is 66.4. The summed E-state index contributed by atoms with van der Waals surface area (Å²) in [6.45, 7) is 0.0358. The zero-order chi connectivity index (χ0) is 102. The van der Waals surface area contributed by atoms with Gasteiger partial charge in [-0.1, -0.05) is 13.8 Å². The van der Waals surface area contributed by atoms with Crippen molar-refractivity contribution >= 4 is 114 Å². The van der Waals surface area contributed by atoms with E-state index in [4.69, 9.17) is 4.74 Å². The van der Waals surface area contributed by atoms with E-state index in [2.05, 4.69) is 162 Å². The van der Waals surface area contributed by atoms with Crippen LogP contribution in [0.2, 0.25) is 0 Å². The molecule has 5 atom stereocenters. The second-order valence-corrected chi connectivity index (χ2v) is 28.8. The molecule has 15 rings (SSSR count). The van der Waals surface area contributed by atoms with Crippen molar-refractivity contribution < 1.29 is 117 Å². The number of hydrogen-bond donors (Lipinski definition) is 15. The van der Waals surface area contributed by atoms with Gasteiger partial charge >= 0.3 is 30.9 Å². The zero-order valence-corrected chi connectivity index (χ0v) is 72.3. The molecule has 5 amide bonds. The van der Waals surface area contributed by atoms with Gasteiger partial charge in [-0.25, -0.2) is 122 Å². The highest BCUT2D eigenvalue weighted by atomic mass is 19.4. The average molecular weight is 1990 g/mol. The van der Waals surface area contributed by atoms with Gasteiger partial charge < -0.3 is 82.8 Å². The SMILES string of the molecule is CCC(Nc1nc(-c2c[nH]c3ncncc23)ncc1F)C(=O)NCC(F)(F)F.CCNC(=O)C(CC(F)(F)F)Nc1nc(-c2c[nH]c3ncncc23)ncc1F.CC[C@H](Nc1nc(-c2c[nH]c3ncncc23)ncc1F)C(=O)NCC(F)(F)F.CNC(=O)C(CC(F)(F)F)Nc1nc(-c2c[nH]c3ncncc23)ncc1F.COC[C@H](Nc1nc(-c2c[nH]c3ncncc23)ncc1F)C(=O)NCC(F)(F)F. The van der Waals surface area contributed by atoms with Gasteiger partial charge in [0.25, 0.3) is 0 Å². The number of aromatic nitrogens is 25. The maximum absolute atomic E-state index is 14.2. The van der Waals surface area contributed by atoms with Gasteiger partial charge in [0.05, 0.1) is 50.4 Å². The van der Waals surface area contributed by atoms with Gasteiger partial charge in [0.2, 0.25) is 29.5 Å². The van der Waals surface area contributed by atoms with Crippen LogP contribution in [-0.4, -0.2) is 262 Å². The van der Waals surface area contributed by atoms with Crippen molar-refractivity contribution in [3.63, 3.8) is 0 Å². The Morgan fingerprint density at radius 3 is 0.764 bits per heavy atom. The number of H-pyrrole nitrogens is 5. The standard InChI is InChI=1S/C16H15F4N7O2.3C16H15F4N7O.C15H13F4N7O/c1-29-5-11(15(28)24-6-16(18,19)20)26-14-10(17)4-23-13(27-14)9-3-22-12-8(9)2-21-7-25-12;1-2-22-15(28)11(3-16(18,19)20)26-14-10(17)6-24-13(27-14)9-5-23-12-8(9)4-21-7-25-12;2*1-2-11(15(28)24-6-16(18,19)20)26-14-10(17)5-23-13(27-14)9-4-22-12-8(9)3-21-7-25-12;1-20-14(27)10(2-15(17,18)19)25-13-9(16)5-23-12(26-13)8-4-22-11-7(8)3-21-6-24-11/h2-4,7,11H,5-6H2,1H3,(H,24,28)(H,21,22,25)(H,23,26,27);4-7,11H,2-3H2,1H3,(H,22,28)(H,21,23,25)(H,24,26,27);2*3-5,7,11H,2,6H2,1H3,(H,24,28)(H,21,22,25)(H,23,26,27);3-6,10H,2H2,1H3,(H,20,27)(H,21,22,24)(H,23,25,26)/t11-;;11-;;/m0.0../s1. The number of likely N-dealkylation sites (N-methyl/N-ethyl adjacent to an activating group) is 2. The third-order valence-corrected chi connectivity index (χ3v) is 18.8. The van der Waals surface area contributed by atoms with Crippen LogP contribution < -0.4 is 53.2 Å². The van der Waals surface area contributed by atoms with Crippen molar-refractivity contribution in [1.82, 2.24) is 151 Å². The fraction of sp³-hybridized carbons (Fsp3) is 0.304. The number of nitrogens with one attached hydrogen (secondary N) is 15. The number of rotatable bonds is 30. The fourth-order valence-electron chi connectivity index (χ4n) is 12.4. The molecule has 0 saturated heterocycles. The van der Waals surface area contributed by atoms with Crippen molar-refractivity contribution in [2.45, 2.75) is 108 Å². The summed E-state index contributed by atoms with van der Waals surface area (Å²) in [4.78, 5) is 153. The molecule has 3 unspecified atom stereocenters. The molecule has 0 radical (unpaired) electrons.